The first-order valence-electron chi connectivity index (χ1n) is 7.27. The number of amides is 1. The number of hydrogen-bond donors (Lipinski definition) is 1. The van der Waals surface area contributed by atoms with Crippen molar-refractivity contribution in [2.24, 2.45) is 0 Å². The Labute approximate surface area is 159 Å². The zero-order valence-electron chi connectivity index (χ0n) is 13.1. The van der Waals surface area contributed by atoms with Gasteiger partial charge in [-0.3, -0.25) is 4.79 Å². The van der Waals surface area contributed by atoms with Gasteiger partial charge in [-0.15, -0.1) is 0 Å². The number of carbonyl (C=O) groups is 2. The highest BCUT2D eigenvalue weighted by Crippen LogP contribution is 2.35. The van der Waals surface area contributed by atoms with Gasteiger partial charge in [0.2, 0.25) is 0 Å². The van der Waals surface area contributed by atoms with Crippen molar-refractivity contribution < 1.29 is 14.3 Å². The lowest BCUT2D eigenvalue weighted by molar-refractivity contribution is -0.115. The smallest absolute Gasteiger partial charge is 0.339 e. The summed E-state index contributed by atoms with van der Waals surface area (Å²) in [5.74, 6) is -0.570. The Balaban J connectivity index is 1.96. The van der Waals surface area contributed by atoms with Crippen LogP contribution < -0.4 is 5.32 Å². The molecule has 3 rings (SSSR count). The zero-order valence-corrected chi connectivity index (χ0v) is 15.6. The fourth-order valence-corrected chi connectivity index (χ4v) is 4.28. The highest BCUT2D eigenvalue weighted by atomic mass is 32.2. The van der Waals surface area contributed by atoms with Crippen molar-refractivity contribution in [3.05, 3.63) is 64.6 Å². The first kappa shape index (κ1) is 17.7. The number of thiocarbonyl (C=S) groups is 1. The van der Waals surface area contributed by atoms with E-state index in [1.807, 2.05) is 42.5 Å². The minimum Gasteiger partial charge on any atom is -0.465 e. The Morgan fingerprint density at radius 2 is 1.84 bits per heavy atom. The third-order valence-electron chi connectivity index (χ3n) is 3.36. The van der Waals surface area contributed by atoms with E-state index in [1.165, 1.54) is 30.6 Å². The molecule has 4 nitrogen and oxygen atoms in total. The molecule has 0 unspecified atom stereocenters. The number of nitrogens with one attached hydrogen (secondary N) is 1. The minimum absolute atomic E-state index is 0.190. The van der Waals surface area contributed by atoms with Crippen molar-refractivity contribution in [2.75, 3.05) is 7.11 Å². The number of ether oxygens (including phenoxy) is 1. The SMILES string of the molecule is COC(=O)c1ccccc1Sc1ccccc1C=C1SC(=S)NC1=O. The predicted octanol–water partition coefficient (Wildman–Crippen LogP) is 4.11. The number of benzene rings is 2. The monoisotopic (exact) mass is 387 g/mol. The summed E-state index contributed by atoms with van der Waals surface area (Å²) in [6.07, 6.45) is 1.81. The second kappa shape index (κ2) is 7.86. The average molecular weight is 388 g/mol. The van der Waals surface area contributed by atoms with Gasteiger partial charge in [-0.25, -0.2) is 4.79 Å². The number of carbonyl (C=O) groups excluding carboxylic acids is 2. The largest absolute Gasteiger partial charge is 0.465 e. The maximum absolute atomic E-state index is 11.9. The Kier molecular flexibility index (Phi) is 5.57. The molecule has 1 heterocycles. The highest BCUT2D eigenvalue weighted by molar-refractivity contribution is 8.26. The lowest BCUT2D eigenvalue weighted by Gasteiger charge is -2.09. The van der Waals surface area contributed by atoms with Gasteiger partial charge in [-0.05, 0) is 29.8 Å². The molecule has 2 aromatic rings. The lowest BCUT2D eigenvalue weighted by atomic mass is 10.2. The molecule has 0 saturated carbocycles. The first-order valence-corrected chi connectivity index (χ1v) is 9.31. The molecule has 126 valence electrons. The molecule has 0 atom stereocenters. The molecule has 1 aliphatic heterocycles. The van der Waals surface area contributed by atoms with E-state index >= 15 is 0 Å². The molecule has 1 aliphatic rings. The molecule has 0 aromatic heterocycles. The van der Waals surface area contributed by atoms with Gasteiger partial charge in [0.25, 0.3) is 5.91 Å². The van der Waals surface area contributed by atoms with Gasteiger partial charge in [0.05, 0.1) is 17.6 Å². The molecule has 0 spiro atoms. The maximum Gasteiger partial charge on any atom is 0.339 e. The molecule has 1 amide bonds. The predicted molar refractivity (Wildman–Crippen MR) is 105 cm³/mol. The summed E-state index contributed by atoms with van der Waals surface area (Å²) in [5.41, 5.74) is 1.39. The summed E-state index contributed by atoms with van der Waals surface area (Å²) in [6.45, 7) is 0. The van der Waals surface area contributed by atoms with Crippen LogP contribution in [0.5, 0.6) is 0 Å². The topological polar surface area (TPSA) is 55.4 Å². The van der Waals surface area contributed by atoms with Crippen LogP contribution in [0.3, 0.4) is 0 Å². The third-order valence-corrected chi connectivity index (χ3v) is 5.69. The van der Waals surface area contributed by atoms with E-state index in [1.54, 1.807) is 12.1 Å². The van der Waals surface area contributed by atoms with Crippen LogP contribution in [0.15, 0.2) is 63.2 Å². The number of hydrogen-bond acceptors (Lipinski definition) is 6. The fourth-order valence-electron chi connectivity index (χ4n) is 2.21. The van der Waals surface area contributed by atoms with Crippen LogP contribution in [0.25, 0.3) is 6.08 Å². The van der Waals surface area contributed by atoms with Gasteiger partial charge in [0, 0.05) is 9.79 Å². The summed E-state index contributed by atoms with van der Waals surface area (Å²) in [4.78, 5) is 26.1. The van der Waals surface area contributed by atoms with E-state index in [0.29, 0.717) is 14.8 Å². The average Bonchev–Trinajstić information content (AvgIpc) is 2.93. The minimum atomic E-state index is -0.380. The molecule has 0 aliphatic carbocycles. The van der Waals surface area contributed by atoms with E-state index in [9.17, 15) is 9.59 Å². The second-order valence-corrected chi connectivity index (χ2v) is 7.78. The normalized spacial score (nSPS) is 15.3. The van der Waals surface area contributed by atoms with Crippen LogP contribution in [0.4, 0.5) is 0 Å². The molecular formula is C18H13NO3S3. The van der Waals surface area contributed by atoms with Crippen molar-refractivity contribution >= 4 is 58.0 Å². The maximum atomic E-state index is 11.9. The highest BCUT2D eigenvalue weighted by Gasteiger charge is 2.22. The quantitative estimate of drug-likeness (QED) is 0.484. The van der Waals surface area contributed by atoms with Gasteiger partial charge in [-0.2, -0.15) is 0 Å². The fraction of sp³-hybridized carbons (Fsp3) is 0.0556. The number of rotatable bonds is 4. The van der Waals surface area contributed by atoms with Crippen molar-refractivity contribution in [3.8, 4) is 0 Å². The van der Waals surface area contributed by atoms with E-state index in [4.69, 9.17) is 17.0 Å². The first-order chi connectivity index (χ1) is 12.1. The van der Waals surface area contributed by atoms with Gasteiger partial charge >= 0.3 is 5.97 Å². The Bertz CT molecular complexity index is 893. The van der Waals surface area contributed by atoms with Crippen LogP contribution in [0.1, 0.15) is 15.9 Å². The molecule has 1 saturated heterocycles. The van der Waals surface area contributed by atoms with E-state index in [0.717, 1.165) is 15.4 Å². The Hall–Kier alpha value is -2.09. The summed E-state index contributed by atoms with van der Waals surface area (Å²) in [5, 5.41) is 2.61. The Morgan fingerprint density at radius 3 is 2.52 bits per heavy atom. The summed E-state index contributed by atoms with van der Waals surface area (Å²) >= 11 is 7.71. The standard InChI is InChI=1S/C18H13NO3S3/c1-22-17(21)12-7-3-5-9-14(12)24-13-8-4-2-6-11(13)10-15-16(20)19-18(23)25-15/h2-10H,1H3,(H,19,20,23). The molecule has 1 fully saturated rings. The molecule has 7 heteroatoms. The molecule has 25 heavy (non-hydrogen) atoms. The summed E-state index contributed by atoms with van der Waals surface area (Å²) in [7, 11) is 1.36. The molecular weight excluding hydrogens is 374 g/mol. The molecule has 1 N–H and O–H groups in total. The van der Waals surface area contributed by atoms with Crippen LogP contribution in [0.2, 0.25) is 0 Å². The zero-order chi connectivity index (χ0) is 17.8. The van der Waals surface area contributed by atoms with Crippen molar-refractivity contribution in [3.63, 3.8) is 0 Å². The lowest BCUT2D eigenvalue weighted by Crippen LogP contribution is -2.17. The van der Waals surface area contributed by atoms with Gasteiger partial charge < -0.3 is 10.1 Å². The van der Waals surface area contributed by atoms with Crippen LogP contribution in [-0.4, -0.2) is 23.3 Å². The molecule has 0 radical (unpaired) electrons. The Morgan fingerprint density at radius 1 is 1.16 bits per heavy atom. The van der Waals surface area contributed by atoms with E-state index < -0.39 is 0 Å². The number of thioether (sulfide) groups is 1. The third kappa shape index (κ3) is 4.12. The number of methoxy groups -OCH3 is 1. The van der Waals surface area contributed by atoms with E-state index in [-0.39, 0.29) is 11.9 Å². The van der Waals surface area contributed by atoms with Crippen LogP contribution in [-0.2, 0) is 9.53 Å². The van der Waals surface area contributed by atoms with Gasteiger partial charge in [0.1, 0.15) is 4.32 Å². The second-order valence-electron chi connectivity index (χ2n) is 4.98. The summed E-state index contributed by atoms with van der Waals surface area (Å²) in [6, 6.07) is 14.9. The van der Waals surface area contributed by atoms with E-state index in [2.05, 4.69) is 5.32 Å². The van der Waals surface area contributed by atoms with Crippen LogP contribution in [0, 0.1) is 0 Å². The van der Waals surface area contributed by atoms with Crippen molar-refractivity contribution in [1.29, 1.82) is 0 Å². The van der Waals surface area contributed by atoms with Gasteiger partial charge in [0.15, 0.2) is 0 Å². The molecule has 0 bridgehead atoms. The summed E-state index contributed by atoms with van der Waals surface area (Å²) < 4.78 is 5.30. The van der Waals surface area contributed by atoms with Crippen molar-refractivity contribution in [2.45, 2.75) is 9.79 Å². The van der Waals surface area contributed by atoms with Crippen LogP contribution >= 0.6 is 35.7 Å². The number of esters is 1. The van der Waals surface area contributed by atoms with Crippen molar-refractivity contribution in [1.82, 2.24) is 5.32 Å². The van der Waals surface area contributed by atoms with Gasteiger partial charge in [-0.1, -0.05) is 66.1 Å². The molecule has 2 aromatic carbocycles.